The van der Waals surface area contributed by atoms with Crippen LogP contribution in [0.1, 0.15) is 65.2 Å². The van der Waals surface area contributed by atoms with Crippen molar-refractivity contribution in [2.45, 2.75) is 71.3 Å². The van der Waals surface area contributed by atoms with Crippen molar-refractivity contribution >= 4 is 0 Å². The number of unbranched alkanes of at least 4 members (excludes halogenated alkanes) is 4. The van der Waals surface area contributed by atoms with Gasteiger partial charge in [-0.3, -0.25) is 0 Å². The molecule has 14 heavy (non-hydrogen) atoms. The van der Waals surface area contributed by atoms with E-state index in [2.05, 4.69) is 19.2 Å². The lowest BCUT2D eigenvalue weighted by molar-refractivity contribution is 0.555. The molecule has 0 amide bonds. The molecule has 0 radical (unpaired) electrons. The molecule has 1 aliphatic rings. The van der Waals surface area contributed by atoms with Crippen LogP contribution in [-0.4, -0.2) is 12.6 Å². The first-order valence-corrected chi connectivity index (χ1v) is 6.61. The Morgan fingerprint density at radius 1 is 1.00 bits per heavy atom. The number of hydrogen-bond acceptors (Lipinski definition) is 1. The molecule has 1 nitrogen and oxygen atoms in total. The molecular formula is C13H27N. The average Bonchev–Trinajstić information content (AvgIpc) is 2.91. The Bertz CT molecular complexity index is 133. The topological polar surface area (TPSA) is 12.0 Å². The summed E-state index contributed by atoms with van der Waals surface area (Å²) < 4.78 is 0. The van der Waals surface area contributed by atoms with Crippen molar-refractivity contribution < 1.29 is 0 Å². The van der Waals surface area contributed by atoms with Gasteiger partial charge in [-0.1, -0.05) is 46.0 Å². The molecule has 0 heterocycles. The molecule has 1 N–H and O–H groups in total. The van der Waals surface area contributed by atoms with E-state index in [4.69, 9.17) is 0 Å². The third kappa shape index (κ3) is 4.99. The normalized spacial score (nSPS) is 25.3. The van der Waals surface area contributed by atoms with Crippen LogP contribution in [0.3, 0.4) is 0 Å². The second-order valence-electron chi connectivity index (χ2n) is 4.76. The maximum Gasteiger partial charge on any atom is 0.00991 e. The minimum absolute atomic E-state index is 0.890. The van der Waals surface area contributed by atoms with Gasteiger partial charge in [0.25, 0.3) is 0 Å². The first kappa shape index (κ1) is 12.0. The largest absolute Gasteiger partial charge is 0.314 e. The summed E-state index contributed by atoms with van der Waals surface area (Å²) in [5, 5.41) is 3.67. The molecule has 0 aromatic carbocycles. The summed E-state index contributed by atoms with van der Waals surface area (Å²) in [4.78, 5) is 0. The molecule has 1 heteroatoms. The summed E-state index contributed by atoms with van der Waals surface area (Å²) in [5.41, 5.74) is 0. The fraction of sp³-hybridized carbons (Fsp3) is 1.00. The molecule has 0 bridgehead atoms. The van der Waals surface area contributed by atoms with Gasteiger partial charge in [0.15, 0.2) is 0 Å². The van der Waals surface area contributed by atoms with Crippen molar-refractivity contribution in [1.29, 1.82) is 0 Å². The highest BCUT2D eigenvalue weighted by atomic mass is 15.0. The summed E-state index contributed by atoms with van der Waals surface area (Å²) >= 11 is 0. The highest BCUT2D eigenvalue weighted by molar-refractivity contribution is 4.92. The predicted octanol–water partition coefficient (Wildman–Crippen LogP) is 3.74. The van der Waals surface area contributed by atoms with Crippen molar-refractivity contribution in [3.8, 4) is 0 Å². The third-order valence-corrected chi connectivity index (χ3v) is 3.27. The average molecular weight is 197 g/mol. The number of rotatable bonds is 9. The van der Waals surface area contributed by atoms with Crippen LogP contribution in [0.25, 0.3) is 0 Å². The van der Waals surface area contributed by atoms with Crippen molar-refractivity contribution in [3.63, 3.8) is 0 Å². The summed E-state index contributed by atoms with van der Waals surface area (Å²) in [7, 11) is 0. The van der Waals surface area contributed by atoms with Crippen LogP contribution in [0.5, 0.6) is 0 Å². The van der Waals surface area contributed by atoms with Gasteiger partial charge in [-0.05, 0) is 31.7 Å². The lowest BCUT2D eigenvalue weighted by Crippen LogP contribution is -2.19. The van der Waals surface area contributed by atoms with Crippen LogP contribution in [0, 0.1) is 5.92 Å². The monoisotopic (exact) mass is 197 g/mol. The highest BCUT2D eigenvalue weighted by Gasteiger charge is 2.34. The maximum atomic E-state index is 3.67. The molecule has 0 aromatic heterocycles. The molecule has 1 rings (SSSR count). The fourth-order valence-electron chi connectivity index (χ4n) is 2.20. The van der Waals surface area contributed by atoms with Crippen molar-refractivity contribution in [2.24, 2.45) is 5.92 Å². The van der Waals surface area contributed by atoms with E-state index < -0.39 is 0 Å². The Kier molecular flexibility index (Phi) is 6.25. The minimum Gasteiger partial charge on any atom is -0.314 e. The fourth-order valence-corrected chi connectivity index (χ4v) is 2.20. The lowest BCUT2D eigenvalue weighted by Gasteiger charge is -2.03. The Morgan fingerprint density at radius 2 is 1.79 bits per heavy atom. The Hall–Kier alpha value is -0.0400. The van der Waals surface area contributed by atoms with Crippen LogP contribution >= 0.6 is 0 Å². The summed E-state index contributed by atoms with van der Waals surface area (Å²) in [6.07, 6.45) is 11.3. The van der Waals surface area contributed by atoms with Gasteiger partial charge in [0, 0.05) is 6.04 Å². The quantitative estimate of drug-likeness (QED) is 0.555. The summed E-state index contributed by atoms with van der Waals surface area (Å²) in [6.45, 7) is 5.83. The summed E-state index contributed by atoms with van der Waals surface area (Å²) in [6, 6.07) is 0.890. The third-order valence-electron chi connectivity index (χ3n) is 3.27. The zero-order valence-corrected chi connectivity index (χ0v) is 10.0. The van der Waals surface area contributed by atoms with E-state index in [1.807, 2.05) is 0 Å². The van der Waals surface area contributed by atoms with Crippen LogP contribution in [-0.2, 0) is 0 Å². The van der Waals surface area contributed by atoms with Crippen molar-refractivity contribution in [1.82, 2.24) is 5.32 Å². The highest BCUT2D eigenvalue weighted by Crippen LogP contribution is 2.34. The molecule has 0 aliphatic heterocycles. The van der Waals surface area contributed by atoms with Crippen LogP contribution in [0.15, 0.2) is 0 Å². The molecule has 2 atom stereocenters. The molecule has 1 aliphatic carbocycles. The van der Waals surface area contributed by atoms with Gasteiger partial charge in [-0.2, -0.15) is 0 Å². The van der Waals surface area contributed by atoms with Crippen LogP contribution in [0.4, 0.5) is 0 Å². The molecule has 0 saturated heterocycles. The van der Waals surface area contributed by atoms with E-state index >= 15 is 0 Å². The lowest BCUT2D eigenvalue weighted by atomic mass is 10.1. The molecule has 0 aromatic rings. The van der Waals surface area contributed by atoms with Gasteiger partial charge in [0.05, 0.1) is 0 Å². The van der Waals surface area contributed by atoms with Gasteiger partial charge in [0.2, 0.25) is 0 Å². The first-order chi connectivity index (χ1) is 6.88. The van der Waals surface area contributed by atoms with Gasteiger partial charge in [0.1, 0.15) is 0 Å². The van der Waals surface area contributed by atoms with Gasteiger partial charge < -0.3 is 5.32 Å². The van der Waals surface area contributed by atoms with Crippen molar-refractivity contribution in [2.75, 3.05) is 6.54 Å². The Labute approximate surface area is 89.7 Å². The predicted molar refractivity (Wildman–Crippen MR) is 63.6 cm³/mol. The van der Waals surface area contributed by atoms with E-state index in [-0.39, 0.29) is 0 Å². The van der Waals surface area contributed by atoms with Gasteiger partial charge >= 0.3 is 0 Å². The van der Waals surface area contributed by atoms with E-state index in [0.29, 0.717) is 0 Å². The van der Waals surface area contributed by atoms with E-state index in [1.54, 1.807) is 0 Å². The summed E-state index contributed by atoms with van der Waals surface area (Å²) in [5.74, 6) is 1.02. The van der Waals surface area contributed by atoms with Crippen LogP contribution < -0.4 is 5.32 Å². The van der Waals surface area contributed by atoms with Crippen LogP contribution in [0.2, 0.25) is 0 Å². The smallest absolute Gasteiger partial charge is 0.00991 e. The second kappa shape index (κ2) is 7.28. The molecule has 84 valence electrons. The maximum absolute atomic E-state index is 3.67. The van der Waals surface area contributed by atoms with E-state index in [9.17, 15) is 0 Å². The SMILES string of the molecule is CCCCCCCNC1CC1CCC. The van der Waals surface area contributed by atoms with E-state index in [0.717, 1.165) is 12.0 Å². The molecule has 1 fully saturated rings. The first-order valence-electron chi connectivity index (χ1n) is 6.61. The number of nitrogens with one attached hydrogen (secondary N) is 1. The standard InChI is InChI=1S/C13H27N/c1-3-5-6-7-8-10-14-13-11-12(13)9-4-2/h12-14H,3-11H2,1-2H3. The minimum atomic E-state index is 0.890. The van der Waals surface area contributed by atoms with E-state index in [1.165, 1.54) is 57.9 Å². The van der Waals surface area contributed by atoms with Gasteiger partial charge in [-0.15, -0.1) is 0 Å². The molecule has 2 unspecified atom stereocenters. The Morgan fingerprint density at radius 3 is 2.50 bits per heavy atom. The van der Waals surface area contributed by atoms with Crippen molar-refractivity contribution in [3.05, 3.63) is 0 Å². The Balaban J connectivity index is 1.77. The molecular weight excluding hydrogens is 170 g/mol. The molecule has 0 spiro atoms. The number of hydrogen-bond donors (Lipinski definition) is 1. The zero-order chi connectivity index (χ0) is 10.2. The molecule has 1 saturated carbocycles. The van der Waals surface area contributed by atoms with Gasteiger partial charge in [-0.25, -0.2) is 0 Å². The zero-order valence-electron chi connectivity index (χ0n) is 10.0. The second-order valence-corrected chi connectivity index (χ2v) is 4.76.